The van der Waals surface area contributed by atoms with Gasteiger partial charge in [0.2, 0.25) is 0 Å². The molecule has 0 aromatic heterocycles. The molecule has 90 valence electrons. The zero-order valence-corrected chi connectivity index (χ0v) is 9.54. The summed E-state index contributed by atoms with van der Waals surface area (Å²) in [4.78, 5) is 0. The highest BCUT2D eigenvalue weighted by Crippen LogP contribution is 2.47. The zero-order valence-electron chi connectivity index (χ0n) is 9.54. The van der Waals surface area contributed by atoms with Gasteiger partial charge in [-0.2, -0.15) is 0 Å². The lowest BCUT2D eigenvalue weighted by atomic mass is 10.0. The van der Waals surface area contributed by atoms with Crippen molar-refractivity contribution < 1.29 is 14.9 Å². The fourth-order valence-electron chi connectivity index (χ4n) is 1.75. The molecule has 0 radical (unpaired) electrons. The van der Waals surface area contributed by atoms with Crippen molar-refractivity contribution in [1.82, 2.24) is 5.32 Å². The average molecular weight is 217 g/mol. The van der Waals surface area contributed by atoms with Crippen molar-refractivity contribution in [1.29, 1.82) is 0 Å². The van der Waals surface area contributed by atoms with E-state index < -0.39 is 6.10 Å². The van der Waals surface area contributed by atoms with Gasteiger partial charge in [0, 0.05) is 26.3 Å². The van der Waals surface area contributed by atoms with Gasteiger partial charge in [0.25, 0.3) is 0 Å². The van der Waals surface area contributed by atoms with Crippen LogP contribution in [0.25, 0.3) is 0 Å². The Hall–Kier alpha value is -0.160. The standard InChI is InChI=1S/C11H23NO3/c1-2-15-8-10(14)7-12-9-11(3-4-11)5-6-13/h10,12-14H,2-9H2,1H3. The molecule has 0 saturated heterocycles. The molecule has 0 amide bonds. The highest BCUT2D eigenvalue weighted by molar-refractivity contribution is 4.94. The molecule has 0 aliphatic heterocycles. The van der Waals surface area contributed by atoms with Crippen LogP contribution in [0, 0.1) is 5.41 Å². The number of nitrogens with one attached hydrogen (secondary N) is 1. The van der Waals surface area contributed by atoms with Gasteiger partial charge < -0.3 is 20.3 Å². The molecule has 1 rings (SSSR count). The van der Waals surface area contributed by atoms with E-state index in [-0.39, 0.29) is 6.61 Å². The molecule has 0 aromatic rings. The molecule has 4 heteroatoms. The molecule has 1 unspecified atom stereocenters. The number of hydrogen-bond donors (Lipinski definition) is 3. The lowest BCUT2D eigenvalue weighted by molar-refractivity contribution is 0.0421. The van der Waals surface area contributed by atoms with Gasteiger partial charge >= 0.3 is 0 Å². The van der Waals surface area contributed by atoms with Crippen molar-refractivity contribution in [2.24, 2.45) is 5.41 Å². The minimum atomic E-state index is -0.421. The molecule has 1 aliphatic carbocycles. The summed E-state index contributed by atoms with van der Waals surface area (Å²) in [5.74, 6) is 0. The SMILES string of the molecule is CCOCC(O)CNCC1(CCO)CC1. The second kappa shape index (κ2) is 6.43. The van der Waals surface area contributed by atoms with E-state index in [9.17, 15) is 5.11 Å². The molecule has 4 nitrogen and oxygen atoms in total. The van der Waals surface area contributed by atoms with E-state index in [1.54, 1.807) is 0 Å². The molecule has 0 aromatic carbocycles. The molecule has 1 fully saturated rings. The summed E-state index contributed by atoms with van der Waals surface area (Å²) in [6, 6.07) is 0. The van der Waals surface area contributed by atoms with Crippen LogP contribution in [-0.4, -0.2) is 49.2 Å². The largest absolute Gasteiger partial charge is 0.396 e. The predicted molar refractivity (Wildman–Crippen MR) is 58.7 cm³/mol. The third kappa shape index (κ3) is 4.93. The molecule has 15 heavy (non-hydrogen) atoms. The van der Waals surface area contributed by atoms with Gasteiger partial charge in [-0.25, -0.2) is 0 Å². The Morgan fingerprint density at radius 2 is 2.20 bits per heavy atom. The van der Waals surface area contributed by atoms with E-state index in [0.717, 1.165) is 13.0 Å². The summed E-state index contributed by atoms with van der Waals surface area (Å²) >= 11 is 0. The Morgan fingerprint density at radius 1 is 1.47 bits per heavy atom. The van der Waals surface area contributed by atoms with Gasteiger partial charge in [0.1, 0.15) is 0 Å². The van der Waals surface area contributed by atoms with Crippen molar-refractivity contribution in [2.45, 2.75) is 32.3 Å². The van der Waals surface area contributed by atoms with Crippen LogP contribution < -0.4 is 5.32 Å². The summed E-state index contributed by atoms with van der Waals surface area (Å²) in [7, 11) is 0. The van der Waals surface area contributed by atoms with E-state index in [0.29, 0.717) is 25.2 Å². The van der Waals surface area contributed by atoms with Gasteiger partial charge in [-0.3, -0.25) is 0 Å². The molecule has 0 heterocycles. The maximum absolute atomic E-state index is 9.49. The van der Waals surface area contributed by atoms with Crippen molar-refractivity contribution in [3.63, 3.8) is 0 Å². The Morgan fingerprint density at radius 3 is 2.73 bits per heavy atom. The predicted octanol–water partition coefficient (Wildman–Crippen LogP) is 0.136. The summed E-state index contributed by atoms with van der Waals surface area (Å²) < 4.78 is 5.11. The molecule has 0 spiro atoms. The van der Waals surface area contributed by atoms with Crippen LogP contribution in [0.5, 0.6) is 0 Å². The van der Waals surface area contributed by atoms with E-state index in [4.69, 9.17) is 9.84 Å². The number of aliphatic hydroxyl groups excluding tert-OH is 2. The van der Waals surface area contributed by atoms with Crippen molar-refractivity contribution in [3.05, 3.63) is 0 Å². The van der Waals surface area contributed by atoms with Gasteiger partial charge in [-0.15, -0.1) is 0 Å². The van der Waals surface area contributed by atoms with Crippen LogP contribution in [0.2, 0.25) is 0 Å². The highest BCUT2D eigenvalue weighted by Gasteiger charge is 2.41. The lowest BCUT2D eigenvalue weighted by Crippen LogP contribution is -2.34. The molecule has 1 saturated carbocycles. The van der Waals surface area contributed by atoms with Gasteiger partial charge in [0.15, 0.2) is 0 Å². The normalized spacial score (nSPS) is 20.2. The van der Waals surface area contributed by atoms with Crippen molar-refractivity contribution in [3.8, 4) is 0 Å². The third-order valence-corrected chi connectivity index (χ3v) is 2.99. The van der Waals surface area contributed by atoms with Crippen LogP contribution in [0.15, 0.2) is 0 Å². The fraction of sp³-hybridized carbons (Fsp3) is 1.00. The van der Waals surface area contributed by atoms with Crippen LogP contribution in [-0.2, 0) is 4.74 Å². The van der Waals surface area contributed by atoms with E-state index in [1.807, 2.05) is 6.92 Å². The number of ether oxygens (including phenoxy) is 1. The molecular formula is C11H23NO3. The second-order valence-corrected chi connectivity index (χ2v) is 4.42. The second-order valence-electron chi connectivity index (χ2n) is 4.42. The van der Waals surface area contributed by atoms with Crippen LogP contribution in [0.4, 0.5) is 0 Å². The van der Waals surface area contributed by atoms with Crippen LogP contribution >= 0.6 is 0 Å². The molecule has 3 N–H and O–H groups in total. The first-order valence-electron chi connectivity index (χ1n) is 5.80. The summed E-state index contributed by atoms with van der Waals surface area (Å²) in [5, 5.41) is 21.6. The zero-order chi connectivity index (χ0) is 11.1. The van der Waals surface area contributed by atoms with Crippen molar-refractivity contribution >= 4 is 0 Å². The highest BCUT2D eigenvalue weighted by atomic mass is 16.5. The number of aliphatic hydroxyl groups is 2. The summed E-state index contributed by atoms with van der Waals surface area (Å²) in [5.41, 5.74) is 0.320. The first kappa shape index (κ1) is 12.9. The topological polar surface area (TPSA) is 61.7 Å². The Balaban J connectivity index is 2.00. The lowest BCUT2D eigenvalue weighted by Gasteiger charge is -2.16. The Kier molecular flexibility index (Phi) is 5.53. The minimum absolute atomic E-state index is 0.267. The Labute approximate surface area is 91.6 Å². The Bertz CT molecular complexity index is 171. The average Bonchev–Trinajstić information content (AvgIpc) is 2.96. The van der Waals surface area contributed by atoms with E-state index in [2.05, 4.69) is 5.32 Å². The number of rotatable bonds is 9. The maximum atomic E-state index is 9.49. The molecule has 1 atom stereocenters. The third-order valence-electron chi connectivity index (χ3n) is 2.99. The van der Waals surface area contributed by atoms with Crippen LogP contribution in [0.1, 0.15) is 26.2 Å². The van der Waals surface area contributed by atoms with E-state index in [1.165, 1.54) is 12.8 Å². The smallest absolute Gasteiger partial charge is 0.0897 e. The van der Waals surface area contributed by atoms with Crippen molar-refractivity contribution in [2.75, 3.05) is 32.9 Å². The molecule has 0 bridgehead atoms. The molecule has 1 aliphatic rings. The summed E-state index contributed by atoms with van der Waals surface area (Å²) in [6.07, 6.45) is 2.85. The van der Waals surface area contributed by atoms with Gasteiger partial charge in [0.05, 0.1) is 12.7 Å². The minimum Gasteiger partial charge on any atom is -0.396 e. The molecular weight excluding hydrogens is 194 g/mol. The first-order valence-corrected chi connectivity index (χ1v) is 5.80. The quantitative estimate of drug-likeness (QED) is 0.514. The van der Waals surface area contributed by atoms with Gasteiger partial charge in [-0.05, 0) is 31.6 Å². The first-order chi connectivity index (χ1) is 7.22. The fourth-order valence-corrected chi connectivity index (χ4v) is 1.75. The van der Waals surface area contributed by atoms with Crippen LogP contribution in [0.3, 0.4) is 0 Å². The monoisotopic (exact) mass is 217 g/mol. The number of hydrogen-bond acceptors (Lipinski definition) is 4. The van der Waals surface area contributed by atoms with Gasteiger partial charge in [-0.1, -0.05) is 0 Å². The van der Waals surface area contributed by atoms with E-state index >= 15 is 0 Å². The maximum Gasteiger partial charge on any atom is 0.0897 e. The summed E-state index contributed by atoms with van der Waals surface area (Å²) in [6.45, 7) is 4.70.